The maximum absolute atomic E-state index is 13.2. The summed E-state index contributed by atoms with van der Waals surface area (Å²) >= 11 is 1.48. The molecule has 0 radical (unpaired) electrons. The third-order valence-corrected chi connectivity index (χ3v) is 5.36. The normalized spacial score (nSPS) is 11.1. The largest absolute Gasteiger partial charge is 0.309 e. The first-order valence-corrected chi connectivity index (χ1v) is 9.75. The van der Waals surface area contributed by atoms with Gasteiger partial charge in [0.25, 0.3) is 11.6 Å². The second-order valence-electron chi connectivity index (χ2n) is 6.89. The Balaban J connectivity index is 1.92. The minimum absolute atomic E-state index is 0.0360. The molecule has 0 spiro atoms. The summed E-state index contributed by atoms with van der Waals surface area (Å²) < 4.78 is 1.03. The van der Waals surface area contributed by atoms with Crippen LogP contribution in [0.2, 0.25) is 0 Å². The summed E-state index contributed by atoms with van der Waals surface area (Å²) in [5.74, 6) is -0.204. The van der Waals surface area contributed by atoms with E-state index in [9.17, 15) is 14.9 Å². The number of rotatable bonds is 7. The topological polar surface area (TPSA) is 79.6 Å². The third-order valence-electron chi connectivity index (χ3n) is 4.32. The zero-order valence-electron chi connectivity index (χ0n) is 16.1. The summed E-state index contributed by atoms with van der Waals surface area (Å²) in [5.41, 5.74) is 2.38. The van der Waals surface area contributed by atoms with Crippen LogP contribution in [-0.2, 0) is 0 Å². The minimum Gasteiger partial charge on any atom is -0.309 e. The number of fused-ring (bicyclic) bond motifs is 1. The first kappa shape index (κ1) is 19.9. The Morgan fingerprint density at radius 2 is 1.86 bits per heavy atom. The van der Waals surface area contributed by atoms with Crippen molar-refractivity contribution in [1.29, 1.82) is 0 Å². The molecule has 1 heterocycles. The first-order valence-electron chi connectivity index (χ1n) is 8.93. The highest BCUT2D eigenvalue weighted by Gasteiger charge is 2.22. The van der Waals surface area contributed by atoms with Gasteiger partial charge >= 0.3 is 0 Å². The van der Waals surface area contributed by atoms with Crippen LogP contribution in [0, 0.1) is 17.0 Å². The zero-order chi connectivity index (χ0) is 20.3. The van der Waals surface area contributed by atoms with E-state index in [0.29, 0.717) is 17.2 Å². The van der Waals surface area contributed by atoms with Crippen molar-refractivity contribution >= 4 is 38.3 Å². The summed E-state index contributed by atoms with van der Waals surface area (Å²) in [6.07, 6.45) is 0.792. The Labute approximate surface area is 167 Å². The molecule has 1 amide bonds. The molecule has 0 saturated heterocycles. The quantitative estimate of drug-likeness (QED) is 0.442. The molecule has 3 rings (SSSR count). The molecule has 0 aliphatic carbocycles. The molecule has 0 bridgehead atoms. The number of hydrogen-bond acceptors (Lipinski definition) is 6. The lowest BCUT2D eigenvalue weighted by atomic mass is 10.2. The Morgan fingerprint density at radius 3 is 2.50 bits per heavy atom. The van der Waals surface area contributed by atoms with E-state index in [4.69, 9.17) is 0 Å². The average molecular weight is 398 g/mol. The van der Waals surface area contributed by atoms with Crippen molar-refractivity contribution in [3.63, 3.8) is 0 Å². The number of nitrogens with zero attached hydrogens (tertiary/aromatic N) is 4. The number of benzene rings is 2. The van der Waals surface area contributed by atoms with Gasteiger partial charge in [-0.3, -0.25) is 19.8 Å². The lowest BCUT2D eigenvalue weighted by Crippen LogP contribution is -2.33. The van der Waals surface area contributed by atoms with E-state index in [1.54, 1.807) is 4.90 Å². The lowest BCUT2D eigenvalue weighted by molar-refractivity contribution is -0.384. The van der Waals surface area contributed by atoms with Gasteiger partial charge in [-0.1, -0.05) is 17.4 Å². The fourth-order valence-electron chi connectivity index (χ4n) is 2.85. The molecule has 3 aromatic rings. The fourth-order valence-corrected chi connectivity index (χ4v) is 3.93. The molecule has 28 heavy (non-hydrogen) atoms. The number of non-ortho nitro benzene ring substituents is 1. The van der Waals surface area contributed by atoms with Crippen molar-refractivity contribution in [3.05, 3.63) is 63.7 Å². The number of nitro benzene ring substituents is 1. The minimum atomic E-state index is -0.473. The van der Waals surface area contributed by atoms with Gasteiger partial charge < -0.3 is 4.90 Å². The smallest absolute Gasteiger partial charge is 0.269 e. The highest BCUT2D eigenvalue weighted by Crippen LogP contribution is 2.30. The molecule has 0 unspecified atom stereocenters. The van der Waals surface area contributed by atoms with Crippen LogP contribution < -0.4 is 4.90 Å². The first-order chi connectivity index (χ1) is 13.3. The Morgan fingerprint density at radius 1 is 1.14 bits per heavy atom. The Hall–Kier alpha value is -2.84. The number of carbonyl (C=O) groups excluding carboxylic acids is 1. The van der Waals surface area contributed by atoms with Gasteiger partial charge in [-0.05, 0) is 63.8 Å². The molecule has 2 aromatic carbocycles. The van der Waals surface area contributed by atoms with Crippen molar-refractivity contribution in [2.45, 2.75) is 13.3 Å². The number of hydrogen-bond donors (Lipinski definition) is 0. The molecule has 146 valence electrons. The number of amides is 1. The van der Waals surface area contributed by atoms with Gasteiger partial charge in [0.15, 0.2) is 5.13 Å². The van der Waals surface area contributed by atoms with Crippen molar-refractivity contribution in [1.82, 2.24) is 9.88 Å². The average Bonchev–Trinajstić information content (AvgIpc) is 3.07. The van der Waals surface area contributed by atoms with Gasteiger partial charge in [0, 0.05) is 24.2 Å². The predicted molar refractivity (Wildman–Crippen MR) is 112 cm³/mol. The van der Waals surface area contributed by atoms with Crippen molar-refractivity contribution in [3.8, 4) is 0 Å². The van der Waals surface area contributed by atoms with Crippen LogP contribution in [0.25, 0.3) is 10.2 Å². The van der Waals surface area contributed by atoms with Gasteiger partial charge in [0.1, 0.15) is 0 Å². The lowest BCUT2D eigenvalue weighted by Gasteiger charge is -2.21. The SMILES string of the molecule is Cc1ccc2nc(N(CCCN(C)C)C(=O)c3ccc([N+](=O)[O-])cc3)sc2c1. The third kappa shape index (κ3) is 4.52. The van der Waals surface area contributed by atoms with Crippen LogP contribution in [0.3, 0.4) is 0 Å². The second kappa shape index (κ2) is 8.45. The summed E-state index contributed by atoms with van der Waals surface area (Å²) in [6.45, 7) is 3.39. The van der Waals surface area contributed by atoms with E-state index in [2.05, 4.69) is 16.0 Å². The van der Waals surface area contributed by atoms with Crippen LogP contribution in [0.4, 0.5) is 10.8 Å². The van der Waals surface area contributed by atoms with Crippen molar-refractivity contribution in [2.75, 3.05) is 32.1 Å². The number of aryl methyl sites for hydroxylation is 1. The van der Waals surface area contributed by atoms with Gasteiger partial charge in [0.2, 0.25) is 0 Å². The standard InChI is InChI=1S/C20H22N4O3S/c1-14-5-10-17-18(13-14)28-20(21-17)23(12-4-11-22(2)3)19(25)15-6-8-16(9-7-15)24(26)27/h5-10,13H,4,11-12H2,1-3H3. The van der Waals surface area contributed by atoms with Crippen molar-refractivity contribution in [2.24, 2.45) is 0 Å². The van der Waals surface area contributed by atoms with Crippen LogP contribution in [0.5, 0.6) is 0 Å². The number of aromatic nitrogens is 1. The molecule has 1 aromatic heterocycles. The van der Waals surface area contributed by atoms with Crippen molar-refractivity contribution < 1.29 is 9.72 Å². The Bertz CT molecular complexity index is 998. The molecular formula is C20H22N4O3S. The molecular weight excluding hydrogens is 376 g/mol. The number of carbonyl (C=O) groups is 1. The number of thiazole rings is 1. The van der Waals surface area contributed by atoms with Gasteiger partial charge in [0.05, 0.1) is 15.1 Å². The maximum Gasteiger partial charge on any atom is 0.269 e. The van der Waals surface area contributed by atoms with E-state index in [1.807, 2.05) is 33.2 Å². The number of anilines is 1. The molecule has 8 heteroatoms. The van der Waals surface area contributed by atoms with E-state index >= 15 is 0 Å². The number of nitro groups is 1. The van der Waals surface area contributed by atoms with Gasteiger partial charge in [-0.2, -0.15) is 0 Å². The molecule has 0 aliphatic heterocycles. The summed E-state index contributed by atoms with van der Waals surface area (Å²) in [4.78, 5) is 31.9. The highest BCUT2D eigenvalue weighted by atomic mass is 32.1. The van der Waals surface area contributed by atoms with Gasteiger partial charge in [-0.15, -0.1) is 0 Å². The maximum atomic E-state index is 13.2. The van der Waals surface area contributed by atoms with E-state index in [0.717, 1.165) is 28.7 Å². The summed E-state index contributed by atoms with van der Waals surface area (Å²) in [7, 11) is 3.98. The molecule has 0 saturated carbocycles. The summed E-state index contributed by atoms with van der Waals surface area (Å²) in [5, 5.41) is 11.5. The van der Waals surface area contributed by atoms with Crippen LogP contribution in [-0.4, -0.2) is 47.9 Å². The summed E-state index contributed by atoms with van der Waals surface area (Å²) in [6, 6.07) is 11.7. The zero-order valence-corrected chi connectivity index (χ0v) is 16.9. The van der Waals surface area contributed by atoms with E-state index in [-0.39, 0.29) is 11.6 Å². The van der Waals surface area contributed by atoms with Crippen LogP contribution >= 0.6 is 11.3 Å². The highest BCUT2D eigenvalue weighted by molar-refractivity contribution is 7.22. The molecule has 7 nitrogen and oxygen atoms in total. The Kier molecular flexibility index (Phi) is 6.01. The molecule has 0 N–H and O–H groups in total. The molecule has 0 fully saturated rings. The van der Waals surface area contributed by atoms with E-state index in [1.165, 1.54) is 35.6 Å². The van der Waals surface area contributed by atoms with Crippen LogP contribution in [0.1, 0.15) is 22.3 Å². The fraction of sp³-hybridized carbons (Fsp3) is 0.300. The monoisotopic (exact) mass is 398 g/mol. The van der Waals surface area contributed by atoms with E-state index < -0.39 is 4.92 Å². The molecule has 0 atom stereocenters. The van der Waals surface area contributed by atoms with Gasteiger partial charge in [-0.25, -0.2) is 4.98 Å². The second-order valence-corrected chi connectivity index (χ2v) is 7.89. The predicted octanol–water partition coefficient (Wildman–Crippen LogP) is 4.11. The molecule has 0 aliphatic rings. The van der Waals surface area contributed by atoms with Crippen LogP contribution in [0.15, 0.2) is 42.5 Å².